The summed E-state index contributed by atoms with van der Waals surface area (Å²) >= 11 is 0. The molecule has 0 aromatic heterocycles. The van der Waals surface area contributed by atoms with Crippen molar-refractivity contribution in [1.29, 1.82) is 0 Å². The number of nitrogens with two attached hydrogens (primary N) is 1. The minimum Gasteiger partial charge on any atom is -0.331 e. The Morgan fingerprint density at radius 3 is 2.50 bits per heavy atom. The number of hydrogen-bond donors (Lipinski definition) is 2. The quantitative estimate of drug-likeness (QED) is 0.795. The molecule has 1 aromatic carbocycles. The van der Waals surface area contributed by atoms with E-state index in [0.717, 1.165) is 12.1 Å². The van der Waals surface area contributed by atoms with Crippen molar-refractivity contribution in [3.63, 3.8) is 0 Å². The minimum absolute atomic E-state index is 0.0786. The van der Waals surface area contributed by atoms with Crippen LogP contribution in [0, 0.1) is 0 Å². The van der Waals surface area contributed by atoms with Crippen molar-refractivity contribution in [3.05, 3.63) is 30.3 Å². The second-order valence-corrected chi connectivity index (χ2v) is 4.66. The Morgan fingerprint density at radius 1 is 1.30 bits per heavy atom. The van der Waals surface area contributed by atoms with Crippen LogP contribution in [-0.2, 0) is 9.59 Å². The summed E-state index contributed by atoms with van der Waals surface area (Å²) in [4.78, 5) is 25.8. The molecule has 3 N–H and O–H groups in total. The predicted octanol–water partition coefficient (Wildman–Crippen LogP) is 1.60. The van der Waals surface area contributed by atoms with Crippen molar-refractivity contribution < 1.29 is 9.59 Å². The highest BCUT2D eigenvalue weighted by molar-refractivity contribution is 5.96. The number of amides is 2. The van der Waals surface area contributed by atoms with Crippen LogP contribution in [0.25, 0.3) is 0 Å². The molecule has 0 fully saturated rings. The Labute approximate surface area is 120 Å². The molecule has 20 heavy (non-hydrogen) atoms. The van der Waals surface area contributed by atoms with E-state index in [2.05, 4.69) is 5.32 Å². The number of rotatable bonds is 7. The Morgan fingerprint density at radius 2 is 1.95 bits per heavy atom. The first-order valence-corrected chi connectivity index (χ1v) is 6.95. The molecule has 0 aliphatic rings. The summed E-state index contributed by atoms with van der Waals surface area (Å²) in [6, 6.07) is 8.71. The molecule has 1 aromatic rings. The summed E-state index contributed by atoms with van der Waals surface area (Å²) in [5.74, 6) is -0.264. The lowest BCUT2D eigenvalue weighted by atomic mass is 10.2. The second-order valence-electron chi connectivity index (χ2n) is 4.66. The summed E-state index contributed by atoms with van der Waals surface area (Å²) in [6.45, 7) is 4.57. The Kier molecular flexibility index (Phi) is 6.73. The van der Waals surface area contributed by atoms with Gasteiger partial charge in [0.25, 0.3) is 0 Å². The van der Waals surface area contributed by atoms with Gasteiger partial charge in [-0.15, -0.1) is 0 Å². The lowest BCUT2D eigenvalue weighted by Crippen LogP contribution is -2.46. The van der Waals surface area contributed by atoms with Crippen molar-refractivity contribution in [2.24, 2.45) is 5.73 Å². The normalized spacial score (nSPS) is 11.8. The molecule has 0 aliphatic heterocycles. The third-order valence-electron chi connectivity index (χ3n) is 3.03. The largest absolute Gasteiger partial charge is 0.331 e. The van der Waals surface area contributed by atoms with E-state index < -0.39 is 6.04 Å². The molecule has 110 valence electrons. The summed E-state index contributed by atoms with van der Waals surface area (Å²) in [7, 11) is 0. The summed E-state index contributed by atoms with van der Waals surface area (Å²) in [5.41, 5.74) is 6.14. The molecule has 1 unspecified atom stereocenters. The molecule has 0 spiro atoms. The molecule has 1 atom stereocenters. The highest BCUT2D eigenvalue weighted by atomic mass is 16.2. The first-order valence-electron chi connectivity index (χ1n) is 6.95. The van der Waals surface area contributed by atoms with E-state index in [-0.39, 0.29) is 18.2 Å². The smallest absolute Gasteiger partial charge is 0.246 e. The highest BCUT2D eigenvalue weighted by Gasteiger charge is 2.24. The average molecular weight is 277 g/mol. The SMILES string of the molecule is CCCN(C(=O)CCN)C(C)C(=O)Nc1ccccc1. The van der Waals surface area contributed by atoms with Gasteiger partial charge < -0.3 is 16.0 Å². The van der Waals surface area contributed by atoms with Crippen LogP contribution < -0.4 is 11.1 Å². The van der Waals surface area contributed by atoms with E-state index in [1.165, 1.54) is 0 Å². The number of benzene rings is 1. The number of carbonyl (C=O) groups excluding carboxylic acids is 2. The number of nitrogens with zero attached hydrogens (tertiary/aromatic N) is 1. The molecular weight excluding hydrogens is 254 g/mol. The molecule has 1 rings (SSSR count). The van der Waals surface area contributed by atoms with Gasteiger partial charge in [0.15, 0.2) is 0 Å². The Hall–Kier alpha value is -1.88. The molecule has 0 saturated carbocycles. The molecular formula is C15H23N3O2. The van der Waals surface area contributed by atoms with Gasteiger partial charge in [-0.1, -0.05) is 25.1 Å². The van der Waals surface area contributed by atoms with Crippen LogP contribution in [-0.4, -0.2) is 35.8 Å². The highest BCUT2D eigenvalue weighted by Crippen LogP contribution is 2.09. The van der Waals surface area contributed by atoms with E-state index in [0.29, 0.717) is 13.1 Å². The fourth-order valence-electron chi connectivity index (χ4n) is 1.95. The number of hydrogen-bond acceptors (Lipinski definition) is 3. The van der Waals surface area contributed by atoms with Crippen LogP contribution >= 0.6 is 0 Å². The average Bonchev–Trinajstić information content (AvgIpc) is 2.45. The molecule has 5 nitrogen and oxygen atoms in total. The second kappa shape index (κ2) is 8.32. The van der Waals surface area contributed by atoms with Gasteiger partial charge >= 0.3 is 0 Å². The molecule has 0 radical (unpaired) electrons. The van der Waals surface area contributed by atoms with Crippen LogP contribution in [0.3, 0.4) is 0 Å². The monoisotopic (exact) mass is 277 g/mol. The van der Waals surface area contributed by atoms with Crippen LogP contribution in [0.15, 0.2) is 30.3 Å². The van der Waals surface area contributed by atoms with E-state index in [9.17, 15) is 9.59 Å². The molecule has 0 bridgehead atoms. The van der Waals surface area contributed by atoms with Crippen molar-refractivity contribution in [1.82, 2.24) is 4.90 Å². The lowest BCUT2D eigenvalue weighted by molar-refractivity contribution is -0.138. The van der Waals surface area contributed by atoms with Gasteiger partial charge in [0.05, 0.1) is 0 Å². The Bertz CT molecular complexity index is 434. The maximum atomic E-state index is 12.2. The van der Waals surface area contributed by atoms with Gasteiger partial charge in [-0.2, -0.15) is 0 Å². The third-order valence-corrected chi connectivity index (χ3v) is 3.03. The van der Waals surface area contributed by atoms with Gasteiger partial charge in [0, 0.05) is 25.2 Å². The topological polar surface area (TPSA) is 75.4 Å². The molecule has 0 saturated heterocycles. The lowest BCUT2D eigenvalue weighted by Gasteiger charge is -2.28. The van der Waals surface area contributed by atoms with Gasteiger partial charge in [0.2, 0.25) is 11.8 Å². The van der Waals surface area contributed by atoms with Gasteiger partial charge in [-0.05, 0) is 25.5 Å². The van der Waals surface area contributed by atoms with Crippen LogP contribution in [0.5, 0.6) is 0 Å². The van der Waals surface area contributed by atoms with Crippen LogP contribution in [0.4, 0.5) is 5.69 Å². The predicted molar refractivity (Wildman–Crippen MR) is 80.2 cm³/mol. The maximum absolute atomic E-state index is 12.2. The first kappa shape index (κ1) is 16.2. The molecule has 0 aliphatic carbocycles. The van der Waals surface area contributed by atoms with Crippen molar-refractivity contribution in [2.75, 3.05) is 18.4 Å². The molecule has 2 amide bonds. The van der Waals surface area contributed by atoms with Crippen molar-refractivity contribution in [2.45, 2.75) is 32.7 Å². The standard InChI is InChI=1S/C15H23N3O2/c1-3-11-18(14(19)9-10-16)12(2)15(20)17-13-7-5-4-6-8-13/h4-8,12H,3,9-11,16H2,1-2H3,(H,17,20). The zero-order valence-corrected chi connectivity index (χ0v) is 12.1. The summed E-state index contributed by atoms with van der Waals surface area (Å²) in [6.07, 6.45) is 1.07. The van der Waals surface area contributed by atoms with E-state index >= 15 is 0 Å². The van der Waals surface area contributed by atoms with E-state index in [4.69, 9.17) is 5.73 Å². The minimum atomic E-state index is -0.505. The number of para-hydroxylation sites is 1. The number of anilines is 1. The summed E-state index contributed by atoms with van der Waals surface area (Å²) < 4.78 is 0. The van der Waals surface area contributed by atoms with Crippen LogP contribution in [0.2, 0.25) is 0 Å². The Balaban J connectivity index is 2.70. The van der Waals surface area contributed by atoms with Crippen molar-refractivity contribution >= 4 is 17.5 Å². The molecule has 0 heterocycles. The number of carbonyl (C=O) groups is 2. The third kappa shape index (κ3) is 4.66. The zero-order valence-electron chi connectivity index (χ0n) is 12.1. The van der Waals surface area contributed by atoms with Gasteiger partial charge in [-0.25, -0.2) is 0 Å². The zero-order chi connectivity index (χ0) is 15.0. The van der Waals surface area contributed by atoms with Crippen LogP contribution in [0.1, 0.15) is 26.7 Å². The first-order chi connectivity index (χ1) is 9.60. The van der Waals surface area contributed by atoms with E-state index in [1.54, 1.807) is 11.8 Å². The fourth-order valence-corrected chi connectivity index (χ4v) is 1.95. The van der Waals surface area contributed by atoms with E-state index in [1.807, 2.05) is 37.3 Å². The maximum Gasteiger partial charge on any atom is 0.246 e. The summed E-state index contributed by atoms with van der Waals surface area (Å²) in [5, 5.41) is 2.81. The van der Waals surface area contributed by atoms with Crippen molar-refractivity contribution in [3.8, 4) is 0 Å². The molecule has 5 heteroatoms. The van der Waals surface area contributed by atoms with Gasteiger partial charge in [-0.3, -0.25) is 9.59 Å². The van der Waals surface area contributed by atoms with Gasteiger partial charge in [0.1, 0.15) is 6.04 Å². The number of nitrogens with one attached hydrogen (secondary N) is 1. The fraction of sp³-hybridized carbons (Fsp3) is 0.467.